The summed E-state index contributed by atoms with van der Waals surface area (Å²) in [6.07, 6.45) is 3.44. The molecule has 142 valence electrons. The van der Waals surface area contributed by atoms with Crippen LogP contribution in [0.3, 0.4) is 0 Å². The molecule has 0 aliphatic rings. The van der Waals surface area contributed by atoms with Crippen LogP contribution in [0.1, 0.15) is 28.4 Å². The smallest absolute Gasteiger partial charge is 0.267 e. The standard InChI is InChI=1S/C24H20N4O/c1-16-9-11-18(12-10-16)17(2)27-28-24(29)21-14-23(19-6-5-13-25-15-19)26-22-8-4-3-7-20(21)22/h3-15H,1-2H3,(H,28,29). The average Bonchev–Trinajstić information content (AvgIpc) is 2.77. The monoisotopic (exact) mass is 380 g/mol. The number of carbonyl (C=O) groups excluding carboxylic acids is 1. The highest BCUT2D eigenvalue weighted by atomic mass is 16.2. The zero-order valence-electron chi connectivity index (χ0n) is 16.3. The number of carbonyl (C=O) groups is 1. The van der Waals surface area contributed by atoms with E-state index in [1.165, 1.54) is 5.56 Å². The highest BCUT2D eigenvalue weighted by Crippen LogP contribution is 2.24. The molecule has 5 heteroatoms. The molecule has 0 aliphatic heterocycles. The van der Waals surface area contributed by atoms with E-state index in [0.29, 0.717) is 11.3 Å². The van der Waals surface area contributed by atoms with Gasteiger partial charge in [-0.25, -0.2) is 10.4 Å². The van der Waals surface area contributed by atoms with Crippen LogP contribution in [0.2, 0.25) is 0 Å². The predicted molar refractivity (Wildman–Crippen MR) is 116 cm³/mol. The van der Waals surface area contributed by atoms with Gasteiger partial charge in [-0.2, -0.15) is 5.10 Å². The quantitative estimate of drug-likeness (QED) is 0.410. The summed E-state index contributed by atoms with van der Waals surface area (Å²) in [4.78, 5) is 21.8. The van der Waals surface area contributed by atoms with Crippen LogP contribution in [-0.4, -0.2) is 21.6 Å². The Kier molecular flexibility index (Phi) is 5.12. The normalized spacial score (nSPS) is 11.4. The van der Waals surface area contributed by atoms with Crippen molar-refractivity contribution in [1.29, 1.82) is 0 Å². The average molecular weight is 380 g/mol. The third-order valence-electron chi connectivity index (χ3n) is 4.71. The maximum absolute atomic E-state index is 13.0. The lowest BCUT2D eigenvalue weighted by Crippen LogP contribution is -2.20. The van der Waals surface area contributed by atoms with Crippen LogP contribution < -0.4 is 5.43 Å². The Morgan fingerprint density at radius 3 is 2.55 bits per heavy atom. The summed E-state index contributed by atoms with van der Waals surface area (Å²) in [5.41, 5.74) is 8.39. The molecule has 2 aromatic heterocycles. The first-order valence-electron chi connectivity index (χ1n) is 9.34. The van der Waals surface area contributed by atoms with Gasteiger partial charge in [0.2, 0.25) is 0 Å². The number of rotatable bonds is 4. The molecular weight excluding hydrogens is 360 g/mol. The van der Waals surface area contributed by atoms with E-state index in [9.17, 15) is 4.79 Å². The fourth-order valence-electron chi connectivity index (χ4n) is 3.08. The van der Waals surface area contributed by atoms with Crippen molar-refractivity contribution in [3.63, 3.8) is 0 Å². The molecule has 5 nitrogen and oxygen atoms in total. The zero-order chi connectivity index (χ0) is 20.2. The van der Waals surface area contributed by atoms with Gasteiger partial charge in [0.15, 0.2) is 0 Å². The van der Waals surface area contributed by atoms with Gasteiger partial charge in [0.1, 0.15) is 0 Å². The first kappa shape index (κ1) is 18.5. The Morgan fingerprint density at radius 1 is 1.00 bits per heavy atom. The van der Waals surface area contributed by atoms with Crippen molar-refractivity contribution in [2.45, 2.75) is 13.8 Å². The molecule has 4 aromatic rings. The fourth-order valence-corrected chi connectivity index (χ4v) is 3.08. The summed E-state index contributed by atoms with van der Waals surface area (Å²) in [5.74, 6) is -0.278. The van der Waals surface area contributed by atoms with Crippen molar-refractivity contribution in [2.75, 3.05) is 0 Å². The Hall–Kier alpha value is -3.86. The first-order chi connectivity index (χ1) is 14.1. The molecule has 0 atom stereocenters. The van der Waals surface area contributed by atoms with E-state index < -0.39 is 0 Å². The third-order valence-corrected chi connectivity index (χ3v) is 4.71. The van der Waals surface area contributed by atoms with Gasteiger partial charge in [0.05, 0.1) is 22.5 Å². The molecule has 2 heterocycles. The largest absolute Gasteiger partial charge is 0.272 e. The molecule has 0 bridgehead atoms. The zero-order valence-corrected chi connectivity index (χ0v) is 16.3. The Morgan fingerprint density at radius 2 is 1.79 bits per heavy atom. The summed E-state index contributed by atoms with van der Waals surface area (Å²) in [7, 11) is 0. The molecule has 0 fully saturated rings. The number of aromatic nitrogens is 2. The molecule has 1 amide bonds. The molecule has 0 saturated heterocycles. The van der Waals surface area contributed by atoms with Crippen LogP contribution in [0.5, 0.6) is 0 Å². The van der Waals surface area contributed by atoms with E-state index in [-0.39, 0.29) is 5.91 Å². The van der Waals surface area contributed by atoms with E-state index >= 15 is 0 Å². The summed E-state index contributed by atoms with van der Waals surface area (Å²) in [6, 6.07) is 21.2. The van der Waals surface area contributed by atoms with Crippen LogP contribution in [0, 0.1) is 6.92 Å². The minimum atomic E-state index is -0.278. The lowest BCUT2D eigenvalue weighted by molar-refractivity contribution is 0.0956. The Labute approximate surface area is 169 Å². The second-order valence-corrected chi connectivity index (χ2v) is 6.82. The van der Waals surface area contributed by atoms with E-state index in [4.69, 9.17) is 0 Å². The van der Waals surface area contributed by atoms with Crippen molar-refractivity contribution in [1.82, 2.24) is 15.4 Å². The van der Waals surface area contributed by atoms with E-state index in [1.54, 1.807) is 18.5 Å². The van der Waals surface area contributed by atoms with Crippen LogP contribution in [0.25, 0.3) is 22.2 Å². The van der Waals surface area contributed by atoms with Gasteiger partial charge >= 0.3 is 0 Å². The first-order valence-corrected chi connectivity index (χ1v) is 9.34. The molecule has 4 rings (SSSR count). The van der Waals surface area contributed by atoms with Crippen molar-refractivity contribution in [3.8, 4) is 11.3 Å². The number of benzene rings is 2. The highest BCUT2D eigenvalue weighted by Gasteiger charge is 2.14. The van der Waals surface area contributed by atoms with Gasteiger partial charge in [-0.15, -0.1) is 0 Å². The number of amides is 1. The van der Waals surface area contributed by atoms with Crippen molar-refractivity contribution in [2.24, 2.45) is 5.10 Å². The molecule has 2 aromatic carbocycles. The molecule has 0 unspecified atom stereocenters. The number of aryl methyl sites for hydroxylation is 1. The van der Waals surface area contributed by atoms with Gasteiger partial charge < -0.3 is 0 Å². The second kappa shape index (κ2) is 8.02. The molecule has 0 spiro atoms. The van der Waals surface area contributed by atoms with Gasteiger partial charge in [-0.1, -0.05) is 48.0 Å². The van der Waals surface area contributed by atoms with Gasteiger partial charge in [-0.3, -0.25) is 9.78 Å². The molecule has 29 heavy (non-hydrogen) atoms. The Balaban J connectivity index is 1.69. The summed E-state index contributed by atoms with van der Waals surface area (Å²) in [5, 5.41) is 5.07. The number of hydrazone groups is 1. The SMILES string of the molecule is CC(=NNC(=O)c1cc(-c2cccnc2)nc2ccccc12)c1ccc(C)cc1. The van der Waals surface area contributed by atoms with Crippen LogP contribution in [-0.2, 0) is 0 Å². The van der Waals surface area contributed by atoms with Crippen molar-refractivity contribution in [3.05, 3.63) is 95.8 Å². The number of pyridine rings is 2. The maximum Gasteiger partial charge on any atom is 0.272 e. The molecule has 1 N–H and O–H groups in total. The highest BCUT2D eigenvalue weighted by molar-refractivity contribution is 6.08. The summed E-state index contributed by atoms with van der Waals surface area (Å²) in [6.45, 7) is 3.91. The third kappa shape index (κ3) is 4.04. The summed E-state index contributed by atoms with van der Waals surface area (Å²) < 4.78 is 0. The number of nitrogens with one attached hydrogen (secondary N) is 1. The van der Waals surface area contributed by atoms with Crippen LogP contribution in [0.15, 0.2) is 84.2 Å². The fraction of sp³-hybridized carbons (Fsp3) is 0.0833. The minimum absolute atomic E-state index is 0.278. The van der Waals surface area contributed by atoms with Crippen LogP contribution in [0.4, 0.5) is 0 Å². The molecule has 0 saturated carbocycles. The summed E-state index contributed by atoms with van der Waals surface area (Å²) >= 11 is 0. The number of para-hydroxylation sites is 1. The molecule has 0 aliphatic carbocycles. The second-order valence-electron chi connectivity index (χ2n) is 6.82. The number of hydrogen-bond donors (Lipinski definition) is 1. The van der Waals surface area contributed by atoms with Gasteiger partial charge in [0.25, 0.3) is 5.91 Å². The van der Waals surface area contributed by atoms with E-state index in [2.05, 4.69) is 20.5 Å². The van der Waals surface area contributed by atoms with Crippen molar-refractivity contribution >= 4 is 22.5 Å². The van der Waals surface area contributed by atoms with E-state index in [1.807, 2.05) is 74.5 Å². The Bertz CT molecular complexity index is 1200. The van der Waals surface area contributed by atoms with Gasteiger partial charge in [0, 0.05) is 23.3 Å². The van der Waals surface area contributed by atoms with Crippen molar-refractivity contribution < 1.29 is 4.79 Å². The number of fused-ring (bicyclic) bond motifs is 1. The topological polar surface area (TPSA) is 67.2 Å². The van der Waals surface area contributed by atoms with E-state index in [0.717, 1.165) is 27.7 Å². The number of hydrogen-bond acceptors (Lipinski definition) is 4. The predicted octanol–water partition coefficient (Wildman–Crippen LogP) is 4.76. The minimum Gasteiger partial charge on any atom is -0.267 e. The van der Waals surface area contributed by atoms with Gasteiger partial charge in [-0.05, 0) is 43.7 Å². The number of nitrogens with zero attached hydrogens (tertiary/aromatic N) is 3. The van der Waals surface area contributed by atoms with Crippen LogP contribution >= 0.6 is 0 Å². The lowest BCUT2D eigenvalue weighted by atomic mass is 10.0. The lowest BCUT2D eigenvalue weighted by Gasteiger charge is -2.09. The maximum atomic E-state index is 13.0. The molecule has 0 radical (unpaired) electrons. The molecular formula is C24H20N4O.